The van der Waals surface area contributed by atoms with Crippen molar-refractivity contribution >= 4 is 21.6 Å². The first-order chi connectivity index (χ1) is 7.04. The Morgan fingerprint density at radius 3 is 2.60 bits per heavy atom. The molecule has 0 radical (unpaired) electrons. The Kier molecular flexibility index (Phi) is 4.44. The van der Waals surface area contributed by atoms with Gasteiger partial charge in [0.2, 0.25) is 0 Å². The summed E-state index contributed by atoms with van der Waals surface area (Å²) in [6.45, 7) is -0.484. The fraction of sp³-hybridized carbons (Fsp3) is 0.333. The second kappa shape index (κ2) is 5.39. The molecular formula is C9H10BrF2NO2. The Balaban J connectivity index is 2.73. The summed E-state index contributed by atoms with van der Waals surface area (Å²) in [5.74, 6) is -1.23. The highest BCUT2D eigenvalue weighted by Gasteiger charge is 2.09. The molecule has 15 heavy (non-hydrogen) atoms. The van der Waals surface area contributed by atoms with E-state index in [1.165, 1.54) is 0 Å². The Hall–Kier alpha value is -0.720. The van der Waals surface area contributed by atoms with E-state index in [4.69, 9.17) is 10.2 Å². The van der Waals surface area contributed by atoms with Gasteiger partial charge in [-0.1, -0.05) is 0 Å². The van der Waals surface area contributed by atoms with Gasteiger partial charge in [0.1, 0.15) is 11.6 Å². The smallest absolute Gasteiger partial charge is 0.147 e. The summed E-state index contributed by atoms with van der Waals surface area (Å²) in [7, 11) is 0. The molecule has 0 aliphatic rings. The van der Waals surface area contributed by atoms with E-state index in [0.29, 0.717) is 0 Å². The number of rotatable bonds is 4. The van der Waals surface area contributed by atoms with E-state index in [2.05, 4.69) is 21.2 Å². The molecule has 84 valence electrons. The highest BCUT2D eigenvalue weighted by molar-refractivity contribution is 9.10. The van der Waals surface area contributed by atoms with Gasteiger partial charge in [0, 0.05) is 12.6 Å². The quantitative estimate of drug-likeness (QED) is 0.733. The number of hydrogen-bond acceptors (Lipinski definition) is 3. The molecule has 1 rings (SSSR count). The van der Waals surface area contributed by atoms with Gasteiger partial charge >= 0.3 is 0 Å². The van der Waals surface area contributed by atoms with Crippen molar-refractivity contribution in [1.29, 1.82) is 0 Å². The third kappa shape index (κ3) is 3.40. The summed E-state index contributed by atoms with van der Waals surface area (Å²) in [4.78, 5) is 0. The van der Waals surface area contributed by atoms with E-state index < -0.39 is 24.3 Å². The Bertz CT molecular complexity index is 349. The van der Waals surface area contributed by atoms with E-state index in [1.54, 1.807) is 0 Å². The zero-order valence-corrected chi connectivity index (χ0v) is 9.26. The van der Waals surface area contributed by atoms with E-state index in [0.717, 1.165) is 12.1 Å². The molecule has 3 N–H and O–H groups in total. The lowest BCUT2D eigenvalue weighted by atomic mass is 10.2. The molecule has 1 unspecified atom stereocenters. The van der Waals surface area contributed by atoms with Gasteiger partial charge in [0.15, 0.2) is 0 Å². The Morgan fingerprint density at radius 2 is 2.00 bits per heavy atom. The van der Waals surface area contributed by atoms with Gasteiger partial charge in [-0.15, -0.1) is 0 Å². The van der Waals surface area contributed by atoms with Crippen LogP contribution in [0.25, 0.3) is 0 Å². The van der Waals surface area contributed by atoms with Gasteiger partial charge in [-0.2, -0.15) is 0 Å². The maximum atomic E-state index is 13.2. The van der Waals surface area contributed by atoms with Gasteiger partial charge in [0.05, 0.1) is 22.9 Å². The second-order valence-corrected chi connectivity index (χ2v) is 3.82. The SMILES string of the molecule is OCC(O)CNc1cc(F)c(Br)cc1F. The number of nitrogens with one attached hydrogen (secondary N) is 1. The summed E-state index contributed by atoms with van der Waals surface area (Å²) in [6, 6.07) is 1.96. The molecule has 1 atom stereocenters. The van der Waals surface area contributed by atoms with Crippen molar-refractivity contribution in [3.63, 3.8) is 0 Å². The lowest BCUT2D eigenvalue weighted by Gasteiger charge is -2.11. The first-order valence-electron chi connectivity index (χ1n) is 4.22. The molecular weight excluding hydrogens is 272 g/mol. The molecule has 1 aromatic carbocycles. The monoisotopic (exact) mass is 281 g/mol. The standard InChI is InChI=1S/C9H10BrF2NO2/c10-6-1-8(12)9(2-7(6)11)13-3-5(15)4-14/h1-2,5,13-15H,3-4H2. The molecule has 0 aromatic heterocycles. The topological polar surface area (TPSA) is 52.5 Å². The van der Waals surface area contributed by atoms with Crippen LogP contribution < -0.4 is 5.32 Å². The molecule has 0 spiro atoms. The molecule has 1 aromatic rings. The van der Waals surface area contributed by atoms with Crippen molar-refractivity contribution in [2.24, 2.45) is 0 Å². The van der Waals surface area contributed by atoms with Crippen LogP contribution in [-0.2, 0) is 0 Å². The molecule has 0 aliphatic carbocycles. The van der Waals surface area contributed by atoms with Gasteiger partial charge in [0.25, 0.3) is 0 Å². The third-order valence-electron chi connectivity index (χ3n) is 1.75. The molecule has 0 saturated heterocycles. The molecule has 6 heteroatoms. The van der Waals surface area contributed by atoms with Crippen molar-refractivity contribution in [2.75, 3.05) is 18.5 Å². The Morgan fingerprint density at radius 1 is 1.33 bits per heavy atom. The molecule has 0 bridgehead atoms. The van der Waals surface area contributed by atoms with Crippen molar-refractivity contribution < 1.29 is 19.0 Å². The molecule has 0 fully saturated rings. The third-order valence-corrected chi connectivity index (χ3v) is 2.36. The summed E-state index contributed by atoms with van der Waals surface area (Å²) in [5.41, 5.74) is -0.0526. The van der Waals surface area contributed by atoms with Crippen LogP contribution in [0.5, 0.6) is 0 Å². The summed E-state index contributed by atoms with van der Waals surface area (Å²) in [6.07, 6.45) is -1.00. The summed E-state index contributed by atoms with van der Waals surface area (Å²) in [5, 5.41) is 20.0. The Labute approximate surface area is 93.9 Å². The molecule has 0 amide bonds. The van der Waals surface area contributed by atoms with Crippen LogP contribution in [0.4, 0.5) is 14.5 Å². The zero-order valence-electron chi connectivity index (χ0n) is 7.67. The number of benzene rings is 1. The average Bonchev–Trinajstić information content (AvgIpc) is 2.21. The van der Waals surface area contributed by atoms with E-state index in [9.17, 15) is 8.78 Å². The van der Waals surface area contributed by atoms with Gasteiger partial charge in [-0.25, -0.2) is 8.78 Å². The molecule has 0 saturated carbocycles. The number of halogens is 3. The van der Waals surface area contributed by atoms with Crippen LogP contribution >= 0.6 is 15.9 Å². The lowest BCUT2D eigenvalue weighted by Crippen LogP contribution is -2.23. The fourth-order valence-electron chi connectivity index (χ4n) is 0.950. The van der Waals surface area contributed by atoms with E-state index in [1.807, 2.05) is 0 Å². The normalized spacial score (nSPS) is 12.6. The highest BCUT2D eigenvalue weighted by atomic mass is 79.9. The molecule has 3 nitrogen and oxygen atoms in total. The van der Waals surface area contributed by atoms with Crippen LogP contribution in [0.2, 0.25) is 0 Å². The second-order valence-electron chi connectivity index (χ2n) is 2.96. The maximum absolute atomic E-state index is 13.2. The summed E-state index contributed by atoms with van der Waals surface area (Å²) >= 11 is 2.84. The van der Waals surface area contributed by atoms with Crippen molar-refractivity contribution in [2.45, 2.75) is 6.10 Å². The van der Waals surface area contributed by atoms with Crippen LogP contribution in [0.3, 0.4) is 0 Å². The van der Waals surface area contributed by atoms with Crippen LogP contribution in [-0.4, -0.2) is 29.5 Å². The number of aliphatic hydroxyl groups is 2. The minimum Gasteiger partial charge on any atom is -0.394 e. The number of aliphatic hydroxyl groups excluding tert-OH is 2. The first-order valence-corrected chi connectivity index (χ1v) is 5.01. The van der Waals surface area contributed by atoms with Gasteiger partial charge in [-0.3, -0.25) is 0 Å². The first kappa shape index (κ1) is 12.4. The van der Waals surface area contributed by atoms with Gasteiger partial charge < -0.3 is 15.5 Å². The largest absolute Gasteiger partial charge is 0.394 e. The van der Waals surface area contributed by atoms with Crippen LogP contribution in [0.15, 0.2) is 16.6 Å². The predicted molar refractivity (Wildman–Crippen MR) is 55.6 cm³/mol. The highest BCUT2D eigenvalue weighted by Crippen LogP contribution is 2.23. The maximum Gasteiger partial charge on any atom is 0.147 e. The lowest BCUT2D eigenvalue weighted by molar-refractivity contribution is 0.105. The van der Waals surface area contributed by atoms with Gasteiger partial charge in [-0.05, 0) is 22.0 Å². The van der Waals surface area contributed by atoms with Crippen molar-refractivity contribution in [3.05, 3.63) is 28.2 Å². The van der Waals surface area contributed by atoms with Crippen molar-refractivity contribution in [1.82, 2.24) is 0 Å². The van der Waals surface area contributed by atoms with Crippen LogP contribution in [0, 0.1) is 11.6 Å². The number of anilines is 1. The van der Waals surface area contributed by atoms with Crippen molar-refractivity contribution in [3.8, 4) is 0 Å². The number of hydrogen-bond donors (Lipinski definition) is 3. The minimum atomic E-state index is -1.00. The molecule has 0 heterocycles. The minimum absolute atomic E-state index is 0.0354. The average molecular weight is 282 g/mol. The van der Waals surface area contributed by atoms with Crippen LogP contribution in [0.1, 0.15) is 0 Å². The molecule has 0 aliphatic heterocycles. The van der Waals surface area contributed by atoms with E-state index in [-0.39, 0.29) is 16.7 Å². The zero-order chi connectivity index (χ0) is 11.4. The van der Waals surface area contributed by atoms with E-state index >= 15 is 0 Å². The fourth-order valence-corrected chi connectivity index (χ4v) is 1.27. The summed E-state index contributed by atoms with van der Waals surface area (Å²) < 4.78 is 26.2. The predicted octanol–water partition coefficient (Wildman–Crippen LogP) is 1.49.